The Labute approximate surface area is 131 Å². The molecule has 21 heavy (non-hydrogen) atoms. The van der Waals surface area contributed by atoms with E-state index in [1.807, 2.05) is 0 Å². The van der Waals surface area contributed by atoms with Gasteiger partial charge in [0.2, 0.25) is 0 Å². The molecular formula is C17H25ClF2O. The van der Waals surface area contributed by atoms with E-state index in [1.165, 1.54) is 44.9 Å². The van der Waals surface area contributed by atoms with Crippen LogP contribution in [-0.2, 0) is 0 Å². The summed E-state index contributed by atoms with van der Waals surface area (Å²) >= 11 is 6.15. The number of unbranched alkanes of at least 4 members (excludes halogenated alkanes) is 6. The minimum absolute atomic E-state index is 0.0385. The molecule has 1 unspecified atom stereocenters. The molecule has 120 valence electrons. The van der Waals surface area contributed by atoms with Gasteiger partial charge in [-0.15, -0.1) is 11.6 Å². The van der Waals surface area contributed by atoms with E-state index in [0.717, 1.165) is 19.3 Å². The Hall–Kier alpha value is -0.830. The highest BCUT2D eigenvalue weighted by atomic mass is 35.5. The second kappa shape index (κ2) is 9.99. The normalized spacial score (nSPS) is 12.4. The van der Waals surface area contributed by atoms with Gasteiger partial charge in [-0.25, -0.2) is 8.78 Å². The quantitative estimate of drug-likeness (QED) is 0.358. The number of hydrogen-bond donors (Lipinski definition) is 0. The standard InChI is InChI=1S/C17H25ClF2O/c1-3-4-5-6-7-8-9-10-14(18)17-15(19)11-13(21-2)12-16(17)20/h11-12,14H,3-10H2,1-2H3. The van der Waals surface area contributed by atoms with E-state index < -0.39 is 17.0 Å². The molecule has 0 fully saturated rings. The van der Waals surface area contributed by atoms with Crippen molar-refractivity contribution < 1.29 is 13.5 Å². The summed E-state index contributed by atoms with van der Waals surface area (Å²) in [7, 11) is 1.38. The summed E-state index contributed by atoms with van der Waals surface area (Å²) in [6, 6.07) is 2.36. The van der Waals surface area contributed by atoms with E-state index in [9.17, 15) is 8.78 Å². The SMILES string of the molecule is CCCCCCCCCC(Cl)c1c(F)cc(OC)cc1F. The van der Waals surface area contributed by atoms with Crippen molar-refractivity contribution in [3.05, 3.63) is 29.3 Å². The second-order valence-corrected chi connectivity index (χ2v) is 5.91. The van der Waals surface area contributed by atoms with Crippen LogP contribution < -0.4 is 4.74 Å². The fourth-order valence-electron chi connectivity index (χ4n) is 2.40. The van der Waals surface area contributed by atoms with Gasteiger partial charge in [0, 0.05) is 17.7 Å². The molecule has 1 aromatic rings. The van der Waals surface area contributed by atoms with Crippen molar-refractivity contribution in [1.82, 2.24) is 0 Å². The maximum atomic E-state index is 13.9. The molecule has 4 heteroatoms. The summed E-state index contributed by atoms with van der Waals surface area (Å²) in [5.41, 5.74) is -0.0385. The summed E-state index contributed by atoms with van der Waals surface area (Å²) < 4.78 is 32.6. The van der Waals surface area contributed by atoms with Gasteiger partial charge in [-0.2, -0.15) is 0 Å². The van der Waals surface area contributed by atoms with Crippen molar-refractivity contribution in [2.24, 2.45) is 0 Å². The van der Waals surface area contributed by atoms with Gasteiger partial charge in [0.1, 0.15) is 17.4 Å². The molecule has 0 saturated carbocycles. The summed E-state index contributed by atoms with van der Waals surface area (Å²) in [5, 5.41) is -0.619. The molecule has 0 heterocycles. The van der Waals surface area contributed by atoms with E-state index in [1.54, 1.807) is 0 Å². The van der Waals surface area contributed by atoms with Crippen molar-refractivity contribution in [3.8, 4) is 5.75 Å². The number of hydrogen-bond acceptors (Lipinski definition) is 1. The first-order chi connectivity index (χ1) is 10.1. The molecule has 0 spiro atoms. The maximum absolute atomic E-state index is 13.9. The highest BCUT2D eigenvalue weighted by Crippen LogP contribution is 2.33. The monoisotopic (exact) mass is 318 g/mol. The Morgan fingerprint density at radius 3 is 2.05 bits per heavy atom. The zero-order valence-electron chi connectivity index (χ0n) is 12.9. The smallest absolute Gasteiger partial charge is 0.134 e. The highest BCUT2D eigenvalue weighted by molar-refractivity contribution is 6.20. The molecule has 0 amide bonds. The first kappa shape index (κ1) is 18.2. The van der Waals surface area contributed by atoms with Gasteiger partial charge in [-0.1, -0.05) is 51.9 Å². The molecular weight excluding hydrogens is 294 g/mol. The lowest BCUT2D eigenvalue weighted by molar-refractivity contribution is 0.404. The van der Waals surface area contributed by atoms with Crippen molar-refractivity contribution in [2.75, 3.05) is 7.11 Å². The Balaban J connectivity index is 2.40. The van der Waals surface area contributed by atoms with Crippen LogP contribution in [-0.4, -0.2) is 7.11 Å². The predicted octanol–water partition coefficient (Wildman–Crippen LogP) is 6.39. The molecule has 0 radical (unpaired) electrons. The fraction of sp³-hybridized carbons (Fsp3) is 0.647. The molecule has 0 aliphatic heterocycles. The first-order valence-corrected chi connectivity index (χ1v) is 8.20. The van der Waals surface area contributed by atoms with E-state index in [-0.39, 0.29) is 11.3 Å². The minimum atomic E-state index is -0.630. The summed E-state index contributed by atoms with van der Waals surface area (Å²) in [5.74, 6) is -1.09. The summed E-state index contributed by atoms with van der Waals surface area (Å²) in [4.78, 5) is 0. The van der Waals surface area contributed by atoms with Gasteiger partial charge in [0.15, 0.2) is 0 Å². The molecule has 0 aliphatic carbocycles. The molecule has 0 aromatic heterocycles. The molecule has 1 atom stereocenters. The lowest BCUT2D eigenvalue weighted by atomic mass is 10.0. The third kappa shape index (κ3) is 6.21. The fourth-order valence-corrected chi connectivity index (χ4v) is 2.77. The number of alkyl halides is 1. The van der Waals surface area contributed by atoms with Crippen LogP contribution in [0, 0.1) is 11.6 Å². The predicted molar refractivity (Wildman–Crippen MR) is 84.1 cm³/mol. The summed E-state index contributed by atoms with van der Waals surface area (Å²) in [6.45, 7) is 2.19. The van der Waals surface area contributed by atoms with Crippen LogP contribution in [0.1, 0.15) is 69.2 Å². The lowest BCUT2D eigenvalue weighted by Gasteiger charge is -2.13. The van der Waals surface area contributed by atoms with E-state index in [0.29, 0.717) is 6.42 Å². The van der Waals surface area contributed by atoms with E-state index >= 15 is 0 Å². The number of benzene rings is 1. The van der Waals surface area contributed by atoms with Crippen molar-refractivity contribution in [1.29, 1.82) is 0 Å². The van der Waals surface area contributed by atoms with Crippen LogP contribution >= 0.6 is 11.6 Å². The lowest BCUT2D eigenvalue weighted by Crippen LogP contribution is -2.01. The van der Waals surface area contributed by atoms with Gasteiger partial charge >= 0.3 is 0 Å². The molecule has 0 N–H and O–H groups in total. The Bertz CT molecular complexity index is 400. The number of rotatable bonds is 10. The maximum Gasteiger partial charge on any atom is 0.134 e. The third-order valence-corrected chi connectivity index (χ3v) is 4.10. The van der Waals surface area contributed by atoms with Crippen molar-refractivity contribution >= 4 is 11.6 Å². The minimum Gasteiger partial charge on any atom is -0.497 e. The Morgan fingerprint density at radius 2 is 1.52 bits per heavy atom. The van der Waals surface area contributed by atoms with Crippen LogP contribution in [0.2, 0.25) is 0 Å². The van der Waals surface area contributed by atoms with Crippen LogP contribution in [0.15, 0.2) is 12.1 Å². The van der Waals surface area contributed by atoms with Gasteiger partial charge in [0.25, 0.3) is 0 Å². The van der Waals surface area contributed by atoms with Crippen molar-refractivity contribution in [2.45, 2.75) is 63.7 Å². The third-order valence-electron chi connectivity index (χ3n) is 3.66. The topological polar surface area (TPSA) is 9.23 Å². The number of halogens is 3. The molecule has 0 bridgehead atoms. The molecule has 1 rings (SSSR count). The average molecular weight is 319 g/mol. The average Bonchev–Trinajstić information content (AvgIpc) is 2.45. The first-order valence-electron chi connectivity index (χ1n) is 7.77. The van der Waals surface area contributed by atoms with Crippen LogP contribution in [0.25, 0.3) is 0 Å². The molecule has 0 saturated heterocycles. The number of methoxy groups -OCH3 is 1. The van der Waals surface area contributed by atoms with Crippen LogP contribution in [0.5, 0.6) is 5.75 Å². The molecule has 0 aliphatic rings. The Kier molecular flexibility index (Phi) is 8.67. The van der Waals surface area contributed by atoms with Crippen LogP contribution in [0.4, 0.5) is 8.78 Å². The van der Waals surface area contributed by atoms with Crippen LogP contribution in [0.3, 0.4) is 0 Å². The Morgan fingerprint density at radius 1 is 1.00 bits per heavy atom. The summed E-state index contributed by atoms with van der Waals surface area (Å²) in [6.07, 6.45) is 8.72. The van der Waals surface area contributed by atoms with Gasteiger partial charge in [-0.05, 0) is 6.42 Å². The molecule has 1 aromatic carbocycles. The zero-order chi connectivity index (χ0) is 15.7. The second-order valence-electron chi connectivity index (χ2n) is 5.38. The van der Waals surface area contributed by atoms with E-state index in [2.05, 4.69) is 6.92 Å². The zero-order valence-corrected chi connectivity index (χ0v) is 13.7. The largest absolute Gasteiger partial charge is 0.497 e. The van der Waals surface area contributed by atoms with Gasteiger partial charge < -0.3 is 4.74 Å². The molecule has 1 nitrogen and oxygen atoms in total. The van der Waals surface area contributed by atoms with Gasteiger partial charge in [-0.3, -0.25) is 0 Å². The van der Waals surface area contributed by atoms with E-state index in [4.69, 9.17) is 16.3 Å². The van der Waals surface area contributed by atoms with Crippen molar-refractivity contribution in [3.63, 3.8) is 0 Å². The number of ether oxygens (including phenoxy) is 1. The van der Waals surface area contributed by atoms with Gasteiger partial charge in [0.05, 0.1) is 12.5 Å². The highest BCUT2D eigenvalue weighted by Gasteiger charge is 2.19.